The predicted molar refractivity (Wildman–Crippen MR) is 95.7 cm³/mol. The first-order valence-electron chi connectivity index (χ1n) is 8.18. The highest BCUT2D eigenvalue weighted by atomic mass is 35.5. The lowest BCUT2D eigenvalue weighted by atomic mass is 10.1. The predicted octanol–water partition coefficient (Wildman–Crippen LogP) is 2.54. The number of sulfonamides is 1. The van der Waals surface area contributed by atoms with Crippen LogP contribution in [0.2, 0.25) is 10.0 Å². The van der Waals surface area contributed by atoms with Crippen molar-refractivity contribution in [2.24, 2.45) is 5.92 Å². The summed E-state index contributed by atoms with van der Waals surface area (Å²) in [6, 6.07) is 2.61. The average molecular weight is 407 g/mol. The number of halogens is 2. The minimum Gasteiger partial charge on any atom is -0.379 e. The van der Waals surface area contributed by atoms with Gasteiger partial charge >= 0.3 is 0 Å². The molecule has 3 rings (SSSR count). The van der Waals surface area contributed by atoms with Gasteiger partial charge in [-0.25, -0.2) is 8.42 Å². The van der Waals surface area contributed by atoms with Gasteiger partial charge in [0.1, 0.15) is 4.90 Å². The molecule has 1 aromatic carbocycles. The molecule has 1 aliphatic heterocycles. The number of carbonyl (C=O) groups is 1. The van der Waals surface area contributed by atoms with Crippen LogP contribution in [0.1, 0.15) is 30.1 Å². The second-order valence-corrected chi connectivity index (χ2v) is 9.10. The fourth-order valence-corrected chi connectivity index (χ4v) is 5.07. The second kappa shape index (κ2) is 7.40. The number of nitrogens with one attached hydrogen (secondary N) is 1. The van der Waals surface area contributed by atoms with Crippen molar-refractivity contribution in [2.75, 3.05) is 26.3 Å². The molecular formula is C16H20Cl2N2O4S. The van der Waals surface area contributed by atoms with E-state index in [0.29, 0.717) is 19.1 Å². The highest BCUT2D eigenvalue weighted by Gasteiger charge is 2.32. The summed E-state index contributed by atoms with van der Waals surface area (Å²) in [4.78, 5) is 12.4. The van der Waals surface area contributed by atoms with E-state index in [1.54, 1.807) is 0 Å². The van der Waals surface area contributed by atoms with Crippen LogP contribution in [0.5, 0.6) is 0 Å². The molecule has 1 N–H and O–H groups in total. The zero-order chi connectivity index (χ0) is 18.2. The quantitative estimate of drug-likeness (QED) is 0.814. The molecule has 1 aromatic rings. The number of rotatable bonds is 5. The molecule has 1 saturated heterocycles. The maximum atomic E-state index is 12.8. The van der Waals surface area contributed by atoms with Gasteiger partial charge in [-0.1, -0.05) is 23.2 Å². The number of benzene rings is 1. The van der Waals surface area contributed by atoms with Crippen LogP contribution in [0.4, 0.5) is 0 Å². The SMILES string of the molecule is CC(NC(=O)c1cc(S(=O)(=O)N2CCOCC2)c(Cl)cc1Cl)C1CC1. The molecule has 0 bridgehead atoms. The molecule has 0 aromatic heterocycles. The summed E-state index contributed by atoms with van der Waals surface area (Å²) < 4.78 is 32.2. The standard InChI is InChI=1S/C16H20Cl2N2O4S/c1-10(11-2-3-11)19-16(21)12-8-15(14(18)9-13(12)17)25(22,23)20-4-6-24-7-5-20/h8-11H,2-7H2,1H3,(H,19,21). The third-order valence-electron chi connectivity index (χ3n) is 4.54. The number of ether oxygens (including phenoxy) is 1. The molecule has 1 amide bonds. The van der Waals surface area contributed by atoms with E-state index in [1.807, 2.05) is 6.92 Å². The maximum absolute atomic E-state index is 12.8. The van der Waals surface area contributed by atoms with Gasteiger partial charge in [-0.2, -0.15) is 4.31 Å². The van der Waals surface area contributed by atoms with Crippen molar-refractivity contribution in [3.8, 4) is 0 Å². The molecule has 0 spiro atoms. The maximum Gasteiger partial charge on any atom is 0.253 e. The van der Waals surface area contributed by atoms with Crippen molar-refractivity contribution in [3.63, 3.8) is 0 Å². The third-order valence-corrected chi connectivity index (χ3v) is 7.22. The summed E-state index contributed by atoms with van der Waals surface area (Å²) in [6.07, 6.45) is 2.18. The van der Waals surface area contributed by atoms with Gasteiger partial charge in [-0.05, 0) is 37.8 Å². The number of hydrogen-bond donors (Lipinski definition) is 1. The van der Waals surface area contributed by atoms with E-state index in [1.165, 1.54) is 16.4 Å². The summed E-state index contributed by atoms with van der Waals surface area (Å²) in [5, 5.41) is 3.02. The highest BCUT2D eigenvalue weighted by molar-refractivity contribution is 7.89. The summed E-state index contributed by atoms with van der Waals surface area (Å²) >= 11 is 12.3. The molecule has 6 nitrogen and oxygen atoms in total. The Morgan fingerprint density at radius 3 is 2.48 bits per heavy atom. The lowest BCUT2D eigenvalue weighted by Gasteiger charge is -2.26. The largest absolute Gasteiger partial charge is 0.379 e. The molecule has 9 heteroatoms. The van der Waals surface area contributed by atoms with Crippen LogP contribution in [-0.4, -0.2) is 51.0 Å². The van der Waals surface area contributed by atoms with Crippen molar-refractivity contribution in [2.45, 2.75) is 30.7 Å². The summed E-state index contributed by atoms with van der Waals surface area (Å²) in [7, 11) is -3.82. The van der Waals surface area contributed by atoms with Gasteiger partial charge in [0.2, 0.25) is 10.0 Å². The number of nitrogens with zero attached hydrogens (tertiary/aromatic N) is 1. The first-order valence-corrected chi connectivity index (χ1v) is 10.4. The monoisotopic (exact) mass is 406 g/mol. The molecule has 1 heterocycles. The van der Waals surface area contributed by atoms with E-state index in [2.05, 4.69) is 5.32 Å². The molecule has 2 fully saturated rings. The average Bonchev–Trinajstić information content (AvgIpc) is 3.40. The van der Waals surface area contributed by atoms with Gasteiger partial charge in [0, 0.05) is 19.1 Å². The van der Waals surface area contributed by atoms with Crippen LogP contribution in [-0.2, 0) is 14.8 Å². The molecule has 0 radical (unpaired) electrons. The third kappa shape index (κ3) is 4.11. The van der Waals surface area contributed by atoms with Crippen LogP contribution in [0.25, 0.3) is 0 Å². The Kier molecular flexibility index (Phi) is 5.60. The van der Waals surface area contributed by atoms with Gasteiger partial charge in [0.15, 0.2) is 0 Å². The molecule has 1 saturated carbocycles. The topological polar surface area (TPSA) is 75.7 Å². The first kappa shape index (κ1) is 18.9. The van der Waals surface area contributed by atoms with Crippen molar-refractivity contribution < 1.29 is 17.9 Å². The number of hydrogen-bond acceptors (Lipinski definition) is 4. The van der Waals surface area contributed by atoms with Gasteiger partial charge in [0.05, 0.1) is 28.8 Å². The molecule has 1 aliphatic carbocycles. The minimum atomic E-state index is -3.82. The number of carbonyl (C=O) groups excluding carboxylic acids is 1. The minimum absolute atomic E-state index is 0.00304. The molecule has 1 atom stereocenters. The molecule has 25 heavy (non-hydrogen) atoms. The molecule has 2 aliphatic rings. The molecule has 1 unspecified atom stereocenters. The smallest absolute Gasteiger partial charge is 0.253 e. The van der Waals surface area contributed by atoms with Crippen LogP contribution in [0.15, 0.2) is 17.0 Å². The van der Waals surface area contributed by atoms with Crippen LogP contribution < -0.4 is 5.32 Å². The Bertz CT molecular complexity index is 775. The second-order valence-electron chi connectivity index (χ2n) is 6.38. The van der Waals surface area contributed by atoms with Crippen molar-refractivity contribution in [3.05, 3.63) is 27.7 Å². The van der Waals surface area contributed by atoms with Gasteiger partial charge in [0.25, 0.3) is 5.91 Å². The fourth-order valence-electron chi connectivity index (χ4n) is 2.83. The van der Waals surface area contributed by atoms with Crippen LogP contribution in [0.3, 0.4) is 0 Å². The highest BCUT2D eigenvalue weighted by Crippen LogP contribution is 2.34. The van der Waals surface area contributed by atoms with E-state index in [-0.39, 0.29) is 45.5 Å². The number of morpholine rings is 1. The zero-order valence-corrected chi connectivity index (χ0v) is 16.1. The van der Waals surface area contributed by atoms with Crippen LogP contribution >= 0.6 is 23.2 Å². The normalized spacial score (nSPS) is 20.3. The lowest BCUT2D eigenvalue weighted by molar-refractivity contribution is 0.0730. The fraction of sp³-hybridized carbons (Fsp3) is 0.562. The summed E-state index contributed by atoms with van der Waals surface area (Å²) in [5.41, 5.74) is 0.116. The van der Waals surface area contributed by atoms with Crippen molar-refractivity contribution >= 4 is 39.1 Å². The van der Waals surface area contributed by atoms with Crippen molar-refractivity contribution in [1.82, 2.24) is 9.62 Å². The van der Waals surface area contributed by atoms with Crippen LogP contribution in [0, 0.1) is 5.92 Å². The van der Waals surface area contributed by atoms with E-state index < -0.39 is 10.0 Å². The Labute approximate surface area is 157 Å². The zero-order valence-electron chi connectivity index (χ0n) is 13.8. The van der Waals surface area contributed by atoms with E-state index >= 15 is 0 Å². The van der Waals surface area contributed by atoms with E-state index in [4.69, 9.17) is 27.9 Å². The van der Waals surface area contributed by atoms with Gasteiger partial charge in [-0.3, -0.25) is 4.79 Å². The Morgan fingerprint density at radius 1 is 1.24 bits per heavy atom. The Hall–Kier alpha value is -0.860. The first-order chi connectivity index (χ1) is 11.8. The Morgan fingerprint density at radius 2 is 1.88 bits per heavy atom. The van der Waals surface area contributed by atoms with E-state index in [0.717, 1.165) is 12.8 Å². The van der Waals surface area contributed by atoms with Crippen molar-refractivity contribution in [1.29, 1.82) is 0 Å². The lowest BCUT2D eigenvalue weighted by Crippen LogP contribution is -2.41. The number of amides is 1. The Balaban J connectivity index is 1.90. The molecular weight excluding hydrogens is 387 g/mol. The summed E-state index contributed by atoms with van der Waals surface area (Å²) in [6.45, 7) is 3.10. The van der Waals surface area contributed by atoms with E-state index in [9.17, 15) is 13.2 Å². The summed E-state index contributed by atoms with van der Waals surface area (Å²) in [5.74, 6) is 0.0890. The molecule has 138 valence electrons. The van der Waals surface area contributed by atoms with Gasteiger partial charge < -0.3 is 10.1 Å². The van der Waals surface area contributed by atoms with Gasteiger partial charge in [-0.15, -0.1) is 0 Å².